The smallest absolute Gasteiger partial charge is 0.211 e. The van der Waals surface area contributed by atoms with Crippen LogP contribution in [0.4, 0.5) is 0 Å². The molecule has 2 atom stereocenters. The summed E-state index contributed by atoms with van der Waals surface area (Å²) in [5, 5.41) is 5.13. The first kappa shape index (κ1) is 11.1. The number of hydrogen-bond acceptors (Lipinski definition) is 3. The van der Waals surface area contributed by atoms with Crippen molar-refractivity contribution in [3.63, 3.8) is 0 Å². The Kier molecular flexibility index (Phi) is 3.44. The minimum absolute atomic E-state index is 0.153. The summed E-state index contributed by atoms with van der Waals surface area (Å²) in [4.78, 5) is 0. The van der Waals surface area contributed by atoms with Crippen LogP contribution in [-0.4, -0.2) is 42.0 Å². The number of nitrogens with two attached hydrogens (primary N) is 1. The normalized spacial score (nSPS) is 27.7. The molecule has 2 N–H and O–H groups in total. The molecule has 0 amide bonds. The Bertz CT molecular complexity index is 301. The van der Waals surface area contributed by atoms with E-state index in [-0.39, 0.29) is 5.92 Å². The fourth-order valence-corrected chi connectivity index (χ4v) is 3.12. The fraction of sp³-hybridized carbons (Fsp3) is 1.00. The molecule has 0 aromatic carbocycles. The number of sulfonamides is 1. The van der Waals surface area contributed by atoms with E-state index in [1.54, 1.807) is 0 Å². The van der Waals surface area contributed by atoms with Crippen LogP contribution in [0.5, 0.6) is 0 Å². The predicted molar refractivity (Wildman–Crippen MR) is 51.7 cm³/mol. The van der Waals surface area contributed by atoms with Crippen LogP contribution in [0.3, 0.4) is 0 Å². The minimum Gasteiger partial charge on any atom is -0.252 e. The molecule has 0 radical (unpaired) electrons. The Hall–Kier alpha value is 0.0200. The highest BCUT2D eigenvalue weighted by Crippen LogP contribution is 2.18. The van der Waals surface area contributed by atoms with Gasteiger partial charge in [-0.1, -0.05) is 0 Å². The Morgan fingerprint density at radius 1 is 1.62 bits per heavy atom. The van der Waals surface area contributed by atoms with E-state index in [1.165, 1.54) is 10.6 Å². The quantitative estimate of drug-likeness (QED) is 0.662. The lowest BCUT2D eigenvalue weighted by atomic mass is 10.2. The molecule has 1 saturated heterocycles. The topological polar surface area (TPSA) is 80.5 Å². The lowest BCUT2D eigenvalue weighted by Crippen LogP contribution is -2.28. The summed E-state index contributed by atoms with van der Waals surface area (Å²) in [6, 6.07) is 0. The molecular formula is C6H14N2O3S2. The zero-order valence-electron chi connectivity index (χ0n) is 7.47. The van der Waals surface area contributed by atoms with E-state index in [9.17, 15) is 12.6 Å². The Morgan fingerprint density at radius 2 is 2.23 bits per heavy atom. The van der Waals surface area contributed by atoms with Gasteiger partial charge in [-0.2, -0.15) is 0 Å². The van der Waals surface area contributed by atoms with E-state index in [4.69, 9.17) is 5.14 Å². The minimum atomic E-state index is -3.08. The van der Waals surface area contributed by atoms with Gasteiger partial charge in [0.1, 0.15) is 0 Å². The van der Waals surface area contributed by atoms with Crippen molar-refractivity contribution in [2.24, 2.45) is 11.1 Å². The lowest BCUT2D eigenvalue weighted by Gasteiger charge is -2.12. The van der Waals surface area contributed by atoms with Crippen molar-refractivity contribution in [3.8, 4) is 0 Å². The summed E-state index contributed by atoms with van der Waals surface area (Å²) in [7, 11) is -4.40. The maximum atomic E-state index is 11.1. The number of rotatable bonds is 3. The lowest BCUT2D eigenvalue weighted by molar-refractivity contribution is 0.470. The van der Waals surface area contributed by atoms with Gasteiger partial charge in [0.2, 0.25) is 10.0 Å². The molecule has 1 heterocycles. The molecule has 1 aliphatic rings. The van der Waals surface area contributed by atoms with Gasteiger partial charge in [-0.25, -0.2) is 16.9 Å². The molecule has 0 aromatic rings. The van der Waals surface area contributed by atoms with Gasteiger partial charge in [0.25, 0.3) is 0 Å². The average Bonchev–Trinajstić information content (AvgIpc) is 2.32. The van der Waals surface area contributed by atoms with Crippen molar-refractivity contribution < 1.29 is 12.6 Å². The van der Waals surface area contributed by atoms with Crippen LogP contribution in [0.25, 0.3) is 0 Å². The van der Waals surface area contributed by atoms with Crippen LogP contribution in [0.2, 0.25) is 0 Å². The highest BCUT2D eigenvalue weighted by molar-refractivity contribution is 7.88. The molecule has 5 nitrogen and oxygen atoms in total. The monoisotopic (exact) mass is 226 g/mol. The first-order valence-electron chi connectivity index (χ1n) is 3.97. The molecule has 0 aliphatic carbocycles. The average molecular weight is 226 g/mol. The molecule has 0 spiro atoms. The van der Waals surface area contributed by atoms with Crippen molar-refractivity contribution in [1.82, 2.24) is 4.31 Å². The van der Waals surface area contributed by atoms with E-state index in [0.717, 1.165) is 6.42 Å². The summed E-state index contributed by atoms with van der Waals surface area (Å²) < 4.78 is 34.3. The van der Waals surface area contributed by atoms with Gasteiger partial charge >= 0.3 is 0 Å². The molecule has 0 aromatic heterocycles. The SMILES string of the molecule is CS(=O)(=O)N1CCC(CS(N)=O)C1. The third kappa shape index (κ3) is 3.34. The van der Waals surface area contributed by atoms with Gasteiger partial charge in [-0.3, -0.25) is 5.14 Å². The van der Waals surface area contributed by atoms with Gasteiger partial charge in [0.15, 0.2) is 0 Å². The second-order valence-corrected chi connectivity index (χ2v) is 6.40. The van der Waals surface area contributed by atoms with Crippen LogP contribution < -0.4 is 5.14 Å². The van der Waals surface area contributed by atoms with Gasteiger partial charge in [-0.05, 0) is 12.3 Å². The Morgan fingerprint density at radius 3 is 2.62 bits per heavy atom. The second kappa shape index (κ2) is 4.04. The summed E-state index contributed by atoms with van der Waals surface area (Å²) in [5.74, 6) is 0.548. The summed E-state index contributed by atoms with van der Waals surface area (Å²) in [5.41, 5.74) is 0. The van der Waals surface area contributed by atoms with Gasteiger partial charge < -0.3 is 0 Å². The Balaban J connectivity index is 2.50. The molecule has 1 rings (SSSR count). The molecule has 0 saturated carbocycles. The van der Waals surface area contributed by atoms with E-state index >= 15 is 0 Å². The first-order valence-corrected chi connectivity index (χ1v) is 7.20. The molecule has 13 heavy (non-hydrogen) atoms. The first-order chi connectivity index (χ1) is 5.89. The van der Waals surface area contributed by atoms with Crippen molar-refractivity contribution >= 4 is 21.0 Å². The van der Waals surface area contributed by atoms with Crippen LogP contribution in [0, 0.1) is 5.92 Å². The zero-order chi connectivity index (χ0) is 10.1. The van der Waals surface area contributed by atoms with Crippen molar-refractivity contribution in [1.29, 1.82) is 0 Å². The highest BCUT2D eigenvalue weighted by Gasteiger charge is 2.28. The maximum absolute atomic E-state index is 11.1. The molecule has 2 unspecified atom stereocenters. The molecular weight excluding hydrogens is 212 g/mol. The number of nitrogens with zero attached hydrogens (tertiary/aromatic N) is 1. The standard InChI is InChI=1S/C6H14N2O3S2/c1-13(10,11)8-3-2-6(4-8)5-12(7)9/h6H,2-5,7H2,1H3. The van der Waals surface area contributed by atoms with Crippen LogP contribution in [0.1, 0.15) is 6.42 Å². The van der Waals surface area contributed by atoms with E-state index in [1.807, 2.05) is 0 Å². The van der Waals surface area contributed by atoms with E-state index < -0.39 is 21.0 Å². The largest absolute Gasteiger partial charge is 0.252 e. The van der Waals surface area contributed by atoms with Gasteiger partial charge in [-0.15, -0.1) is 0 Å². The van der Waals surface area contributed by atoms with Crippen molar-refractivity contribution in [2.45, 2.75) is 6.42 Å². The number of hydrogen-bond donors (Lipinski definition) is 1. The molecule has 78 valence electrons. The molecule has 7 heteroatoms. The second-order valence-electron chi connectivity index (χ2n) is 3.32. The van der Waals surface area contributed by atoms with Crippen LogP contribution >= 0.6 is 0 Å². The van der Waals surface area contributed by atoms with Crippen molar-refractivity contribution in [2.75, 3.05) is 25.1 Å². The summed E-state index contributed by atoms with van der Waals surface area (Å²) >= 11 is 0. The van der Waals surface area contributed by atoms with E-state index in [2.05, 4.69) is 0 Å². The molecule has 1 aliphatic heterocycles. The summed E-state index contributed by atoms with van der Waals surface area (Å²) in [6.07, 6.45) is 1.95. The predicted octanol–water partition coefficient (Wildman–Crippen LogP) is -1.11. The maximum Gasteiger partial charge on any atom is 0.211 e. The molecule has 1 fully saturated rings. The highest BCUT2D eigenvalue weighted by atomic mass is 32.2. The van der Waals surface area contributed by atoms with Crippen molar-refractivity contribution in [3.05, 3.63) is 0 Å². The third-order valence-electron chi connectivity index (χ3n) is 2.12. The molecule has 0 bridgehead atoms. The zero-order valence-corrected chi connectivity index (χ0v) is 9.10. The third-order valence-corrected chi connectivity index (χ3v) is 4.19. The Labute approximate surface area is 80.9 Å². The van der Waals surface area contributed by atoms with E-state index in [0.29, 0.717) is 18.8 Å². The summed E-state index contributed by atoms with van der Waals surface area (Å²) in [6.45, 7) is 0.989. The fourth-order valence-electron chi connectivity index (χ4n) is 1.47. The van der Waals surface area contributed by atoms with Crippen LogP contribution in [-0.2, 0) is 21.0 Å². The van der Waals surface area contributed by atoms with Gasteiger partial charge in [0.05, 0.1) is 17.2 Å². The van der Waals surface area contributed by atoms with Gasteiger partial charge in [0, 0.05) is 18.8 Å². The van der Waals surface area contributed by atoms with Crippen LogP contribution in [0.15, 0.2) is 0 Å².